The molecule has 0 aliphatic heterocycles. The van der Waals surface area contributed by atoms with E-state index in [2.05, 4.69) is 25.6 Å². The summed E-state index contributed by atoms with van der Waals surface area (Å²) in [6, 6.07) is 8.29. The molecular weight excluding hydrogens is 184 g/mol. The molecule has 1 unspecified atom stereocenters. The minimum absolute atomic E-state index is 0.118. The van der Waals surface area contributed by atoms with Crippen LogP contribution >= 0.6 is 0 Å². The topological polar surface area (TPSA) is 9.23 Å². The highest BCUT2D eigenvalue weighted by molar-refractivity contribution is 5.45. The number of ether oxygens (including phenoxy) is 1. The molecule has 0 saturated heterocycles. The van der Waals surface area contributed by atoms with Crippen molar-refractivity contribution in [1.82, 2.24) is 0 Å². The molecule has 1 fully saturated rings. The van der Waals surface area contributed by atoms with Crippen LogP contribution in [0.3, 0.4) is 0 Å². The second-order valence-electron chi connectivity index (χ2n) is 4.49. The summed E-state index contributed by atoms with van der Waals surface area (Å²) in [5, 5.41) is 0. The van der Waals surface area contributed by atoms with Crippen molar-refractivity contribution in [3.8, 4) is 5.75 Å². The summed E-state index contributed by atoms with van der Waals surface area (Å²) in [4.78, 5) is 0. The van der Waals surface area contributed by atoms with Gasteiger partial charge in [-0.05, 0) is 25.3 Å². The van der Waals surface area contributed by atoms with E-state index in [1.54, 1.807) is 7.11 Å². The maximum atomic E-state index is 5.43. The minimum atomic E-state index is 0.118. The summed E-state index contributed by atoms with van der Waals surface area (Å²) in [5.74, 6) is 0.989. The standard InChI is InChI=1S/C14H18O/c1-11-7-6-10-14(11,2)12-8-4-5-9-13(12)15-3/h4-5,8-9H,1,6-7,10H2,2-3H3. The van der Waals surface area contributed by atoms with Crippen LogP contribution < -0.4 is 4.74 Å². The van der Waals surface area contributed by atoms with Gasteiger partial charge in [-0.15, -0.1) is 0 Å². The molecule has 1 aliphatic carbocycles. The quantitative estimate of drug-likeness (QED) is 0.664. The van der Waals surface area contributed by atoms with Gasteiger partial charge in [-0.3, -0.25) is 0 Å². The highest BCUT2D eigenvalue weighted by Crippen LogP contribution is 2.46. The Hall–Kier alpha value is -1.24. The van der Waals surface area contributed by atoms with E-state index in [1.807, 2.05) is 12.1 Å². The van der Waals surface area contributed by atoms with Gasteiger partial charge in [0.1, 0.15) is 5.75 Å². The summed E-state index contributed by atoms with van der Waals surface area (Å²) >= 11 is 0. The lowest BCUT2D eigenvalue weighted by Crippen LogP contribution is -2.19. The van der Waals surface area contributed by atoms with Crippen LogP contribution in [0, 0.1) is 0 Å². The molecule has 0 spiro atoms. The molecule has 0 aromatic heterocycles. The molecule has 1 aromatic carbocycles. The first kappa shape index (κ1) is 10.3. The van der Waals surface area contributed by atoms with Crippen molar-refractivity contribution in [2.75, 3.05) is 7.11 Å². The predicted octanol–water partition coefficient (Wildman–Crippen LogP) is 3.69. The Morgan fingerprint density at radius 1 is 1.33 bits per heavy atom. The van der Waals surface area contributed by atoms with Gasteiger partial charge in [-0.2, -0.15) is 0 Å². The van der Waals surface area contributed by atoms with Crippen molar-refractivity contribution < 1.29 is 4.74 Å². The fourth-order valence-electron chi connectivity index (χ4n) is 2.53. The predicted molar refractivity (Wildman–Crippen MR) is 63.3 cm³/mol. The number of allylic oxidation sites excluding steroid dienone is 1. The molecule has 1 heteroatoms. The lowest BCUT2D eigenvalue weighted by Gasteiger charge is -2.27. The van der Waals surface area contributed by atoms with E-state index < -0.39 is 0 Å². The maximum Gasteiger partial charge on any atom is 0.122 e. The average molecular weight is 202 g/mol. The van der Waals surface area contributed by atoms with E-state index in [1.165, 1.54) is 24.0 Å². The van der Waals surface area contributed by atoms with Crippen molar-refractivity contribution in [2.24, 2.45) is 0 Å². The molecular formula is C14H18O. The molecule has 0 radical (unpaired) electrons. The average Bonchev–Trinajstić information content (AvgIpc) is 2.60. The van der Waals surface area contributed by atoms with Crippen LogP contribution in [0.15, 0.2) is 36.4 Å². The molecule has 1 aliphatic rings. The zero-order valence-corrected chi connectivity index (χ0v) is 9.55. The van der Waals surface area contributed by atoms with E-state index in [0.717, 1.165) is 12.2 Å². The normalized spacial score (nSPS) is 25.6. The van der Waals surface area contributed by atoms with Crippen LogP contribution in [0.2, 0.25) is 0 Å². The second-order valence-corrected chi connectivity index (χ2v) is 4.49. The van der Waals surface area contributed by atoms with Crippen molar-refractivity contribution in [3.63, 3.8) is 0 Å². The van der Waals surface area contributed by atoms with Crippen LogP contribution in [-0.4, -0.2) is 7.11 Å². The van der Waals surface area contributed by atoms with Crippen LogP contribution in [0.5, 0.6) is 5.75 Å². The Labute approximate surface area is 91.8 Å². The van der Waals surface area contributed by atoms with Gasteiger partial charge in [0.2, 0.25) is 0 Å². The molecule has 1 nitrogen and oxygen atoms in total. The molecule has 0 amide bonds. The van der Waals surface area contributed by atoms with E-state index in [-0.39, 0.29) is 5.41 Å². The van der Waals surface area contributed by atoms with Gasteiger partial charge >= 0.3 is 0 Å². The third-order valence-corrected chi connectivity index (χ3v) is 3.64. The van der Waals surface area contributed by atoms with Gasteiger partial charge in [0.05, 0.1) is 7.11 Å². The number of para-hydroxylation sites is 1. The number of hydrogen-bond donors (Lipinski definition) is 0. The summed E-state index contributed by atoms with van der Waals surface area (Å²) in [6.07, 6.45) is 3.58. The summed E-state index contributed by atoms with van der Waals surface area (Å²) in [7, 11) is 1.74. The molecule has 15 heavy (non-hydrogen) atoms. The number of benzene rings is 1. The zero-order chi connectivity index (χ0) is 10.9. The highest BCUT2D eigenvalue weighted by atomic mass is 16.5. The van der Waals surface area contributed by atoms with Crippen molar-refractivity contribution in [3.05, 3.63) is 42.0 Å². The molecule has 1 atom stereocenters. The van der Waals surface area contributed by atoms with Gasteiger partial charge in [-0.25, -0.2) is 0 Å². The lowest BCUT2D eigenvalue weighted by atomic mass is 9.78. The summed E-state index contributed by atoms with van der Waals surface area (Å²) < 4.78 is 5.43. The van der Waals surface area contributed by atoms with Crippen LogP contribution in [0.1, 0.15) is 31.7 Å². The van der Waals surface area contributed by atoms with Gasteiger partial charge in [-0.1, -0.05) is 37.3 Å². The Bertz CT molecular complexity index is 381. The summed E-state index contributed by atoms with van der Waals surface area (Å²) in [6.45, 7) is 6.48. The number of hydrogen-bond acceptors (Lipinski definition) is 1. The third kappa shape index (κ3) is 1.56. The molecule has 0 N–H and O–H groups in total. The number of methoxy groups -OCH3 is 1. The first-order valence-corrected chi connectivity index (χ1v) is 5.50. The Morgan fingerprint density at radius 3 is 2.67 bits per heavy atom. The highest BCUT2D eigenvalue weighted by Gasteiger charge is 2.35. The van der Waals surface area contributed by atoms with Gasteiger partial charge < -0.3 is 4.74 Å². The van der Waals surface area contributed by atoms with Crippen molar-refractivity contribution in [2.45, 2.75) is 31.6 Å². The van der Waals surface area contributed by atoms with Gasteiger partial charge in [0, 0.05) is 11.0 Å². The fraction of sp³-hybridized carbons (Fsp3) is 0.429. The molecule has 0 heterocycles. The van der Waals surface area contributed by atoms with E-state index >= 15 is 0 Å². The van der Waals surface area contributed by atoms with E-state index in [4.69, 9.17) is 4.74 Å². The molecule has 80 valence electrons. The number of rotatable bonds is 2. The second kappa shape index (κ2) is 3.73. The molecule has 1 saturated carbocycles. The Kier molecular flexibility index (Phi) is 2.56. The zero-order valence-electron chi connectivity index (χ0n) is 9.55. The van der Waals surface area contributed by atoms with Gasteiger partial charge in [0.25, 0.3) is 0 Å². The first-order chi connectivity index (χ1) is 7.18. The molecule has 0 bridgehead atoms. The minimum Gasteiger partial charge on any atom is -0.496 e. The smallest absolute Gasteiger partial charge is 0.122 e. The first-order valence-electron chi connectivity index (χ1n) is 5.50. The Morgan fingerprint density at radius 2 is 2.07 bits per heavy atom. The van der Waals surface area contributed by atoms with Crippen LogP contribution in [-0.2, 0) is 5.41 Å². The van der Waals surface area contributed by atoms with Crippen LogP contribution in [0.25, 0.3) is 0 Å². The van der Waals surface area contributed by atoms with Gasteiger partial charge in [0.15, 0.2) is 0 Å². The largest absolute Gasteiger partial charge is 0.496 e. The monoisotopic (exact) mass is 202 g/mol. The van der Waals surface area contributed by atoms with E-state index in [0.29, 0.717) is 0 Å². The maximum absolute atomic E-state index is 5.43. The van der Waals surface area contributed by atoms with Crippen molar-refractivity contribution >= 4 is 0 Å². The fourth-order valence-corrected chi connectivity index (χ4v) is 2.53. The third-order valence-electron chi connectivity index (χ3n) is 3.64. The lowest BCUT2D eigenvalue weighted by molar-refractivity contribution is 0.397. The molecule has 1 aromatic rings. The molecule has 2 rings (SSSR count). The van der Waals surface area contributed by atoms with E-state index in [9.17, 15) is 0 Å². The van der Waals surface area contributed by atoms with Crippen LogP contribution in [0.4, 0.5) is 0 Å². The Balaban J connectivity index is 2.48. The van der Waals surface area contributed by atoms with Crippen molar-refractivity contribution in [1.29, 1.82) is 0 Å². The SMILES string of the molecule is C=C1CCCC1(C)c1ccccc1OC. The summed E-state index contributed by atoms with van der Waals surface area (Å²) in [5.41, 5.74) is 2.74.